The number of carbonyl (C=O) groups is 2. The maximum absolute atomic E-state index is 12.2. The molecule has 1 saturated heterocycles. The highest BCUT2D eigenvalue weighted by Crippen LogP contribution is 2.24. The first-order valence-electron chi connectivity index (χ1n) is 10.7. The van der Waals surface area contributed by atoms with Gasteiger partial charge in [-0.25, -0.2) is 17.9 Å². The quantitative estimate of drug-likeness (QED) is 0.385. The molecular formula is C21H31N3O5S. The van der Waals surface area contributed by atoms with Gasteiger partial charge in [0, 0.05) is 13.1 Å². The Balaban J connectivity index is 1.31. The normalized spacial score (nSPS) is 17.5. The van der Waals surface area contributed by atoms with Crippen molar-refractivity contribution in [1.29, 1.82) is 0 Å². The molecule has 0 radical (unpaired) electrons. The summed E-state index contributed by atoms with van der Waals surface area (Å²) < 4.78 is 33.0. The minimum Gasteiger partial charge on any atom is -0.490 e. The van der Waals surface area contributed by atoms with Crippen LogP contribution in [0.1, 0.15) is 50.5 Å². The third kappa shape index (κ3) is 7.28. The van der Waals surface area contributed by atoms with E-state index in [0.29, 0.717) is 44.9 Å². The topological polar surface area (TPSA) is 105 Å². The van der Waals surface area contributed by atoms with Crippen LogP contribution in [-0.2, 0) is 21.2 Å². The Bertz CT molecular complexity index is 837. The zero-order valence-electron chi connectivity index (χ0n) is 17.3. The van der Waals surface area contributed by atoms with Crippen LogP contribution in [0.3, 0.4) is 0 Å². The van der Waals surface area contributed by atoms with Crippen molar-refractivity contribution in [3.63, 3.8) is 0 Å². The van der Waals surface area contributed by atoms with E-state index < -0.39 is 10.0 Å². The fraction of sp³-hybridized carbons (Fsp3) is 0.619. The highest BCUT2D eigenvalue weighted by atomic mass is 32.2. The SMILES string of the molecule is O=C1CN(CCCCCS(=O)(=O)NCCc2cccc(OC3CCCC3)c2)C(=O)N1. The summed E-state index contributed by atoms with van der Waals surface area (Å²) >= 11 is 0. The molecule has 0 atom stereocenters. The first kappa shape index (κ1) is 22.6. The number of hydrogen-bond acceptors (Lipinski definition) is 5. The molecule has 3 amide bonds. The van der Waals surface area contributed by atoms with Gasteiger partial charge in [0.2, 0.25) is 15.9 Å². The average Bonchev–Trinajstić information content (AvgIpc) is 3.31. The van der Waals surface area contributed by atoms with Crippen LogP contribution in [0.25, 0.3) is 0 Å². The monoisotopic (exact) mass is 437 g/mol. The summed E-state index contributed by atoms with van der Waals surface area (Å²) in [6.07, 6.45) is 7.44. The molecule has 0 aromatic heterocycles. The Morgan fingerprint density at radius 1 is 1.13 bits per heavy atom. The van der Waals surface area contributed by atoms with E-state index in [1.807, 2.05) is 24.3 Å². The van der Waals surface area contributed by atoms with Gasteiger partial charge in [0.25, 0.3) is 0 Å². The third-order valence-electron chi connectivity index (χ3n) is 5.45. The molecule has 166 valence electrons. The number of imide groups is 1. The third-order valence-corrected chi connectivity index (χ3v) is 6.92. The Labute approximate surface area is 178 Å². The van der Waals surface area contributed by atoms with Crippen molar-refractivity contribution in [2.45, 2.75) is 57.5 Å². The molecule has 1 aromatic carbocycles. The van der Waals surface area contributed by atoms with Gasteiger partial charge in [-0.3, -0.25) is 10.1 Å². The van der Waals surface area contributed by atoms with Crippen LogP contribution in [0, 0.1) is 0 Å². The van der Waals surface area contributed by atoms with Crippen molar-refractivity contribution >= 4 is 22.0 Å². The minimum absolute atomic E-state index is 0.0585. The number of ether oxygens (including phenoxy) is 1. The number of rotatable bonds is 12. The lowest BCUT2D eigenvalue weighted by atomic mass is 10.1. The predicted molar refractivity (Wildman–Crippen MR) is 114 cm³/mol. The van der Waals surface area contributed by atoms with Crippen LogP contribution in [0.5, 0.6) is 5.75 Å². The van der Waals surface area contributed by atoms with Crippen molar-refractivity contribution in [3.05, 3.63) is 29.8 Å². The van der Waals surface area contributed by atoms with Gasteiger partial charge in [-0.1, -0.05) is 18.6 Å². The highest BCUT2D eigenvalue weighted by Gasteiger charge is 2.25. The summed E-state index contributed by atoms with van der Waals surface area (Å²) in [6.45, 7) is 0.904. The second kappa shape index (κ2) is 10.8. The number of benzene rings is 1. The fourth-order valence-electron chi connectivity index (χ4n) is 3.83. The van der Waals surface area contributed by atoms with E-state index in [4.69, 9.17) is 4.74 Å². The van der Waals surface area contributed by atoms with Crippen molar-refractivity contribution < 1.29 is 22.7 Å². The summed E-state index contributed by atoms with van der Waals surface area (Å²) in [5.74, 6) is 0.626. The molecule has 0 bridgehead atoms. The number of nitrogens with zero attached hydrogens (tertiary/aromatic N) is 1. The van der Waals surface area contributed by atoms with E-state index in [2.05, 4.69) is 10.0 Å². The van der Waals surface area contributed by atoms with Gasteiger partial charge in [-0.15, -0.1) is 0 Å². The summed E-state index contributed by atoms with van der Waals surface area (Å²) in [7, 11) is -3.33. The molecule has 1 aliphatic heterocycles. The van der Waals surface area contributed by atoms with Gasteiger partial charge in [0.1, 0.15) is 12.3 Å². The summed E-state index contributed by atoms with van der Waals surface area (Å²) in [5, 5.41) is 2.22. The van der Waals surface area contributed by atoms with Gasteiger partial charge < -0.3 is 9.64 Å². The van der Waals surface area contributed by atoms with Crippen LogP contribution < -0.4 is 14.8 Å². The molecule has 1 heterocycles. The molecular weight excluding hydrogens is 406 g/mol. The Morgan fingerprint density at radius 3 is 2.67 bits per heavy atom. The van der Waals surface area contributed by atoms with Gasteiger partial charge in [0.05, 0.1) is 11.9 Å². The first-order chi connectivity index (χ1) is 14.4. The molecule has 1 saturated carbocycles. The van der Waals surface area contributed by atoms with E-state index in [1.165, 1.54) is 17.7 Å². The summed E-state index contributed by atoms with van der Waals surface area (Å²) in [5.41, 5.74) is 1.05. The van der Waals surface area contributed by atoms with Crippen molar-refractivity contribution in [1.82, 2.24) is 14.9 Å². The van der Waals surface area contributed by atoms with Crippen molar-refractivity contribution in [2.24, 2.45) is 0 Å². The van der Waals surface area contributed by atoms with Crippen LogP contribution in [0.4, 0.5) is 4.79 Å². The van der Waals surface area contributed by atoms with Crippen molar-refractivity contribution in [3.8, 4) is 5.75 Å². The molecule has 2 fully saturated rings. The molecule has 2 N–H and O–H groups in total. The largest absolute Gasteiger partial charge is 0.490 e. The molecule has 2 aliphatic rings. The van der Waals surface area contributed by atoms with Gasteiger partial charge in [0.15, 0.2) is 0 Å². The Morgan fingerprint density at radius 2 is 1.93 bits per heavy atom. The number of carbonyl (C=O) groups excluding carboxylic acids is 2. The Kier molecular flexibility index (Phi) is 8.09. The van der Waals surface area contributed by atoms with Crippen LogP contribution in [0.2, 0.25) is 0 Å². The maximum Gasteiger partial charge on any atom is 0.324 e. The standard InChI is InChI=1S/C21H31N3O5S/c25-20-16-24(21(26)23-20)13-4-1-5-14-30(27,28)22-12-11-17-7-6-10-19(15-17)29-18-8-2-3-9-18/h6-7,10,15,18,22H,1-5,8-9,11-14,16H2,(H,23,25,26). The zero-order valence-corrected chi connectivity index (χ0v) is 18.1. The minimum atomic E-state index is -3.33. The summed E-state index contributed by atoms with van der Waals surface area (Å²) in [4.78, 5) is 24.0. The number of nitrogens with one attached hydrogen (secondary N) is 2. The lowest BCUT2D eigenvalue weighted by molar-refractivity contribution is -0.118. The molecule has 0 spiro atoms. The highest BCUT2D eigenvalue weighted by molar-refractivity contribution is 7.89. The van der Waals surface area contributed by atoms with E-state index in [0.717, 1.165) is 24.2 Å². The molecule has 8 nitrogen and oxygen atoms in total. The van der Waals surface area contributed by atoms with Crippen LogP contribution in [-0.4, -0.2) is 56.7 Å². The van der Waals surface area contributed by atoms with Gasteiger partial charge in [-0.2, -0.15) is 0 Å². The number of urea groups is 1. The smallest absolute Gasteiger partial charge is 0.324 e. The second-order valence-corrected chi connectivity index (χ2v) is 9.90. The molecule has 3 rings (SSSR count). The number of unbranched alkanes of at least 4 members (excludes halogenated alkanes) is 2. The summed E-state index contributed by atoms with van der Waals surface area (Å²) in [6, 6.07) is 7.50. The predicted octanol–water partition coefficient (Wildman–Crippen LogP) is 2.19. The van der Waals surface area contributed by atoms with Crippen molar-refractivity contribution in [2.75, 3.05) is 25.4 Å². The first-order valence-corrected chi connectivity index (χ1v) is 12.4. The van der Waals surface area contributed by atoms with Crippen LogP contribution >= 0.6 is 0 Å². The Hall–Kier alpha value is -2.13. The average molecular weight is 438 g/mol. The molecule has 1 aliphatic carbocycles. The second-order valence-electron chi connectivity index (χ2n) is 7.97. The fourth-order valence-corrected chi connectivity index (χ4v) is 4.97. The molecule has 9 heteroatoms. The van der Waals surface area contributed by atoms with Gasteiger partial charge >= 0.3 is 6.03 Å². The van der Waals surface area contributed by atoms with E-state index in [-0.39, 0.29) is 24.2 Å². The maximum atomic E-state index is 12.2. The van der Waals surface area contributed by atoms with E-state index in [1.54, 1.807) is 0 Å². The lowest BCUT2D eigenvalue weighted by Crippen LogP contribution is -2.29. The number of hydrogen-bond donors (Lipinski definition) is 2. The molecule has 0 unspecified atom stereocenters. The zero-order chi connectivity index (χ0) is 21.4. The number of sulfonamides is 1. The van der Waals surface area contributed by atoms with E-state index in [9.17, 15) is 18.0 Å². The van der Waals surface area contributed by atoms with Gasteiger partial charge in [-0.05, 0) is 62.6 Å². The molecule has 30 heavy (non-hydrogen) atoms. The molecule has 1 aromatic rings. The van der Waals surface area contributed by atoms with E-state index >= 15 is 0 Å². The number of amides is 3. The lowest BCUT2D eigenvalue weighted by Gasteiger charge is -2.14. The van der Waals surface area contributed by atoms with Crippen LogP contribution in [0.15, 0.2) is 24.3 Å².